The van der Waals surface area contributed by atoms with Gasteiger partial charge in [-0.2, -0.15) is 0 Å². The molecule has 0 unspecified atom stereocenters. The van der Waals surface area contributed by atoms with Gasteiger partial charge in [0.25, 0.3) is 0 Å². The van der Waals surface area contributed by atoms with E-state index in [2.05, 4.69) is 15.9 Å². The average molecular weight is 267 g/mol. The summed E-state index contributed by atoms with van der Waals surface area (Å²) < 4.78 is 3.03. The normalized spacial score (nSPS) is 10.8. The number of carbonyl (C=O) groups excluding carboxylic acids is 1. The number of amides is 1. The third-order valence-electron chi connectivity index (χ3n) is 2.40. The van der Waals surface area contributed by atoms with Crippen LogP contribution in [0.4, 0.5) is 0 Å². The first-order valence-corrected chi connectivity index (χ1v) is 5.39. The topological polar surface area (TPSA) is 48.0 Å². The zero-order chi connectivity index (χ0) is 11.0. The molecule has 2 N–H and O–H groups in total. The molecule has 2 aromatic rings. The Hall–Kier alpha value is -1.29. The molecule has 0 saturated carbocycles. The van der Waals surface area contributed by atoms with Crippen molar-refractivity contribution in [3.63, 3.8) is 0 Å². The fraction of sp³-hybridized carbons (Fsp3) is 0.182. The zero-order valence-electron chi connectivity index (χ0n) is 8.33. The number of rotatable bonds is 2. The number of primary amides is 1. The summed E-state index contributed by atoms with van der Waals surface area (Å²) in [5, 5.41) is 1.08. The molecule has 0 aliphatic carbocycles. The quantitative estimate of drug-likeness (QED) is 0.888. The Labute approximate surface area is 96.0 Å². The van der Waals surface area contributed by atoms with Gasteiger partial charge in [-0.25, -0.2) is 0 Å². The lowest BCUT2D eigenvalue weighted by atomic mass is 10.1. The average Bonchev–Trinajstić information content (AvgIpc) is 2.42. The fourth-order valence-corrected chi connectivity index (χ4v) is 2.12. The highest BCUT2D eigenvalue weighted by Gasteiger charge is 2.08. The predicted octanol–water partition coefficient (Wildman–Crippen LogP) is 1.97. The highest BCUT2D eigenvalue weighted by Crippen LogP contribution is 2.24. The van der Waals surface area contributed by atoms with Gasteiger partial charge >= 0.3 is 0 Å². The van der Waals surface area contributed by atoms with Gasteiger partial charge in [0.15, 0.2) is 0 Å². The summed E-state index contributed by atoms with van der Waals surface area (Å²) in [5.41, 5.74) is 7.27. The lowest BCUT2D eigenvalue weighted by molar-refractivity contribution is -0.117. The lowest BCUT2D eigenvalue weighted by Crippen LogP contribution is -2.13. The summed E-state index contributed by atoms with van der Waals surface area (Å²) >= 11 is 3.42. The van der Waals surface area contributed by atoms with E-state index in [1.165, 1.54) is 0 Å². The minimum absolute atomic E-state index is 0.291. The van der Waals surface area contributed by atoms with Crippen LogP contribution in [0.1, 0.15) is 5.56 Å². The predicted molar refractivity (Wildman–Crippen MR) is 63.5 cm³/mol. The van der Waals surface area contributed by atoms with Gasteiger partial charge in [0, 0.05) is 28.6 Å². The van der Waals surface area contributed by atoms with E-state index in [1.54, 1.807) is 0 Å². The molecule has 1 heterocycles. The second-order valence-corrected chi connectivity index (χ2v) is 4.49. The first-order chi connectivity index (χ1) is 7.08. The summed E-state index contributed by atoms with van der Waals surface area (Å²) in [6.45, 7) is 0. The van der Waals surface area contributed by atoms with Crippen LogP contribution in [0.5, 0.6) is 0 Å². The van der Waals surface area contributed by atoms with Gasteiger partial charge in [0.2, 0.25) is 5.91 Å². The molecule has 4 heteroatoms. The molecule has 0 saturated heterocycles. The fourth-order valence-electron chi connectivity index (χ4n) is 1.77. The van der Waals surface area contributed by atoms with Crippen LogP contribution >= 0.6 is 15.9 Å². The smallest absolute Gasteiger partial charge is 0.221 e. The molecule has 1 amide bonds. The largest absolute Gasteiger partial charge is 0.369 e. The van der Waals surface area contributed by atoms with Gasteiger partial charge in [-0.1, -0.05) is 22.0 Å². The van der Waals surface area contributed by atoms with E-state index in [0.29, 0.717) is 6.42 Å². The van der Waals surface area contributed by atoms with Gasteiger partial charge in [-0.3, -0.25) is 4.79 Å². The summed E-state index contributed by atoms with van der Waals surface area (Å²) in [6.07, 6.45) is 2.24. The first-order valence-electron chi connectivity index (χ1n) is 4.59. The van der Waals surface area contributed by atoms with Gasteiger partial charge in [-0.05, 0) is 17.7 Å². The van der Waals surface area contributed by atoms with Crippen LogP contribution in [0.2, 0.25) is 0 Å². The van der Waals surface area contributed by atoms with Gasteiger partial charge in [0.05, 0.1) is 6.42 Å². The van der Waals surface area contributed by atoms with E-state index in [-0.39, 0.29) is 5.91 Å². The number of aryl methyl sites for hydroxylation is 1. The van der Waals surface area contributed by atoms with E-state index >= 15 is 0 Å². The molecular weight excluding hydrogens is 256 g/mol. The Bertz CT molecular complexity index is 531. The van der Waals surface area contributed by atoms with Gasteiger partial charge in [-0.15, -0.1) is 0 Å². The highest BCUT2D eigenvalue weighted by molar-refractivity contribution is 9.10. The summed E-state index contributed by atoms with van der Waals surface area (Å²) in [7, 11) is 1.96. The number of hydrogen-bond donors (Lipinski definition) is 1. The monoisotopic (exact) mass is 266 g/mol. The summed E-state index contributed by atoms with van der Waals surface area (Å²) in [4.78, 5) is 10.9. The molecular formula is C11H11BrN2O. The van der Waals surface area contributed by atoms with E-state index in [4.69, 9.17) is 5.73 Å². The second-order valence-electron chi connectivity index (χ2n) is 3.57. The maximum absolute atomic E-state index is 10.9. The van der Waals surface area contributed by atoms with Gasteiger partial charge < -0.3 is 10.3 Å². The number of halogens is 1. The molecule has 0 bridgehead atoms. The molecule has 0 spiro atoms. The van der Waals surface area contributed by atoms with E-state index in [0.717, 1.165) is 20.9 Å². The second kappa shape index (κ2) is 3.70. The van der Waals surface area contributed by atoms with Crippen LogP contribution in [0.25, 0.3) is 10.9 Å². The van der Waals surface area contributed by atoms with Crippen molar-refractivity contribution in [3.05, 3.63) is 34.4 Å². The molecule has 3 nitrogen and oxygen atoms in total. The van der Waals surface area contributed by atoms with Crippen molar-refractivity contribution < 1.29 is 4.79 Å². The molecule has 15 heavy (non-hydrogen) atoms. The minimum atomic E-state index is -0.301. The SMILES string of the molecule is Cn1cc(CC(N)=O)c2ccc(Br)cc21. The van der Waals surface area contributed by atoms with Crippen LogP contribution in [-0.4, -0.2) is 10.5 Å². The molecule has 0 fully saturated rings. The minimum Gasteiger partial charge on any atom is -0.369 e. The number of nitrogens with zero attached hydrogens (tertiary/aromatic N) is 1. The van der Waals surface area contributed by atoms with Crippen LogP contribution in [0.3, 0.4) is 0 Å². The molecule has 0 aliphatic heterocycles. The first kappa shape index (κ1) is 10.2. The van der Waals surface area contributed by atoms with Gasteiger partial charge in [0.1, 0.15) is 0 Å². The molecule has 0 radical (unpaired) electrons. The molecule has 1 aromatic carbocycles. The summed E-state index contributed by atoms with van der Waals surface area (Å²) in [5.74, 6) is -0.301. The highest BCUT2D eigenvalue weighted by atomic mass is 79.9. The van der Waals surface area contributed by atoms with Crippen molar-refractivity contribution in [1.29, 1.82) is 0 Å². The number of benzene rings is 1. The Balaban J connectivity index is 2.62. The number of fused-ring (bicyclic) bond motifs is 1. The summed E-state index contributed by atoms with van der Waals surface area (Å²) in [6, 6.07) is 5.99. The van der Waals surface area contributed by atoms with Crippen molar-refractivity contribution in [2.75, 3.05) is 0 Å². The number of carbonyl (C=O) groups is 1. The molecule has 1 aromatic heterocycles. The zero-order valence-corrected chi connectivity index (χ0v) is 9.91. The number of nitrogens with two attached hydrogens (primary N) is 1. The molecule has 0 atom stereocenters. The van der Waals surface area contributed by atoms with E-state index in [1.807, 2.05) is 36.0 Å². The Morgan fingerprint density at radius 3 is 2.93 bits per heavy atom. The number of aromatic nitrogens is 1. The van der Waals surface area contributed by atoms with Crippen molar-refractivity contribution in [2.24, 2.45) is 12.8 Å². The van der Waals surface area contributed by atoms with E-state index < -0.39 is 0 Å². The van der Waals surface area contributed by atoms with Crippen molar-refractivity contribution in [1.82, 2.24) is 4.57 Å². The molecule has 0 aliphatic rings. The van der Waals surface area contributed by atoms with Crippen LogP contribution in [0, 0.1) is 0 Å². The van der Waals surface area contributed by atoms with Crippen LogP contribution < -0.4 is 5.73 Å². The van der Waals surface area contributed by atoms with Crippen molar-refractivity contribution in [2.45, 2.75) is 6.42 Å². The van der Waals surface area contributed by atoms with Crippen molar-refractivity contribution in [3.8, 4) is 0 Å². The van der Waals surface area contributed by atoms with Crippen molar-refractivity contribution >= 4 is 32.7 Å². The molecule has 78 valence electrons. The standard InChI is InChI=1S/C11H11BrN2O/c1-14-6-7(4-11(13)15)9-3-2-8(12)5-10(9)14/h2-3,5-6H,4H2,1H3,(H2,13,15). The van der Waals surface area contributed by atoms with Crippen LogP contribution in [0.15, 0.2) is 28.9 Å². The lowest BCUT2D eigenvalue weighted by Gasteiger charge is -1.96. The maximum Gasteiger partial charge on any atom is 0.221 e. The third-order valence-corrected chi connectivity index (χ3v) is 2.89. The Morgan fingerprint density at radius 2 is 2.27 bits per heavy atom. The third kappa shape index (κ3) is 1.90. The van der Waals surface area contributed by atoms with E-state index in [9.17, 15) is 4.79 Å². The maximum atomic E-state index is 10.9. The Morgan fingerprint density at radius 1 is 1.53 bits per heavy atom. The number of hydrogen-bond acceptors (Lipinski definition) is 1. The Kier molecular flexibility index (Phi) is 2.52. The molecule has 2 rings (SSSR count). The van der Waals surface area contributed by atoms with Crippen LogP contribution in [-0.2, 0) is 18.3 Å².